The lowest BCUT2D eigenvalue weighted by Gasteiger charge is -2.37. The molecule has 2 aromatic rings. The van der Waals surface area contributed by atoms with Crippen LogP contribution < -0.4 is 10.9 Å². The molecule has 1 aliphatic rings. The van der Waals surface area contributed by atoms with Crippen LogP contribution in [0.15, 0.2) is 35.1 Å². The highest BCUT2D eigenvalue weighted by Gasteiger charge is 2.25. The lowest BCUT2D eigenvalue weighted by atomic mass is 9.95. The van der Waals surface area contributed by atoms with Crippen molar-refractivity contribution in [1.29, 1.82) is 5.26 Å². The van der Waals surface area contributed by atoms with Crippen molar-refractivity contribution < 1.29 is 4.79 Å². The van der Waals surface area contributed by atoms with Gasteiger partial charge in [0.1, 0.15) is 11.6 Å². The van der Waals surface area contributed by atoms with Crippen molar-refractivity contribution in [2.45, 2.75) is 52.5 Å². The van der Waals surface area contributed by atoms with Crippen molar-refractivity contribution in [3.63, 3.8) is 0 Å². The van der Waals surface area contributed by atoms with Gasteiger partial charge >= 0.3 is 0 Å². The number of aromatic amines is 1. The second kappa shape index (κ2) is 10.4. The van der Waals surface area contributed by atoms with E-state index in [9.17, 15) is 14.9 Å². The van der Waals surface area contributed by atoms with Crippen LogP contribution in [0, 0.1) is 31.1 Å². The van der Waals surface area contributed by atoms with Crippen LogP contribution in [0.1, 0.15) is 60.2 Å². The predicted molar refractivity (Wildman–Crippen MR) is 122 cm³/mol. The number of benzene rings is 1. The van der Waals surface area contributed by atoms with Crippen LogP contribution in [0.4, 0.5) is 0 Å². The van der Waals surface area contributed by atoms with Crippen molar-refractivity contribution in [2.24, 2.45) is 5.92 Å². The Morgan fingerprint density at radius 2 is 1.94 bits per heavy atom. The average Bonchev–Trinajstić information content (AvgIpc) is 2.75. The van der Waals surface area contributed by atoms with Gasteiger partial charge in [-0.3, -0.25) is 14.5 Å². The zero-order valence-electron chi connectivity index (χ0n) is 18.7. The molecule has 0 saturated carbocycles. The molecule has 164 valence electrons. The number of carbonyl (C=O) groups excluding carboxylic acids is 1. The van der Waals surface area contributed by atoms with Gasteiger partial charge in [0.15, 0.2) is 0 Å². The molecule has 0 aliphatic carbocycles. The molecule has 1 amide bonds. The zero-order valence-corrected chi connectivity index (χ0v) is 18.7. The van der Waals surface area contributed by atoms with E-state index in [0.29, 0.717) is 24.9 Å². The summed E-state index contributed by atoms with van der Waals surface area (Å²) in [6.45, 7) is 8.55. The summed E-state index contributed by atoms with van der Waals surface area (Å²) in [5.41, 5.74) is 3.25. The fourth-order valence-corrected chi connectivity index (χ4v) is 4.43. The van der Waals surface area contributed by atoms with Crippen molar-refractivity contribution in [3.8, 4) is 6.07 Å². The molecule has 6 heteroatoms. The molecule has 1 atom stereocenters. The summed E-state index contributed by atoms with van der Waals surface area (Å²) in [5, 5.41) is 12.4. The van der Waals surface area contributed by atoms with Crippen molar-refractivity contribution in [2.75, 3.05) is 19.6 Å². The molecule has 3 rings (SSSR count). The van der Waals surface area contributed by atoms with E-state index in [0.717, 1.165) is 30.3 Å². The fraction of sp³-hybridized carbons (Fsp3) is 0.480. The Kier molecular flexibility index (Phi) is 7.64. The largest absolute Gasteiger partial charge is 0.354 e. The van der Waals surface area contributed by atoms with Gasteiger partial charge < -0.3 is 10.3 Å². The predicted octanol–water partition coefficient (Wildman–Crippen LogP) is 3.39. The summed E-state index contributed by atoms with van der Waals surface area (Å²) in [6.07, 6.45) is 3.18. The Morgan fingerprint density at radius 1 is 1.26 bits per heavy atom. The van der Waals surface area contributed by atoms with Crippen molar-refractivity contribution >= 4 is 5.91 Å². The van der Waals surface area contributed by atoms with E-state index in [1.165, 1.54) is 18.4 Å². The number of H-pyrrole nitrogens is 1. The second-order valence-electron chi connectivity index (χ2n) is 8.62. The highest BCUT2D eigenvalue weighted by Crippen LogP contribution is 2.26. The number of piperidine rings is 1. The van der Waals surface area contributed by atoms with E-state index in [-0.39, 0.29) is 23.1 Å². The van der Waals surface area contributed by atoms with Crippen LogP contribution >= 0.6 is 0 Å². The van der Waals surface area contributed by atoms with Gasteiger partial charge in [0.05, 0.1) is 6.04 Å². The molecule has 1 unspecified atom stereocenters. The lowest BCUT2D eigenvalue weighted by molar-refractivity contribution is -0.121. The summed E-state index contributed by atoms with van der Waals surface area (Å²) < 4.78 is 0. The molecule has 6 nitrogen and oxygen atoms in total. The number of nitrogens with one attached hydrogen (secondary N) is 2. The summed E-state index contributed by atoms with van der Waals surface area (Å²) in [5.74, 6) is 0.735. The molecule has 1 saturated heterocycles. The Balaban J connectivity index is 1.64. The number of nitriles is 1. The quantitative estimate of drug-likeness (QED) is 0.719. The molecule has 2 heterocycles. The van der Waals surface area contributed by atoms with Crippen molar-refractivity contribution in [1.82, 2.24) is 15.2 Å². The maximum atomic E-state index is 12.7. The number of amides is 1. The van der Waals surface area contributed by atoms with Gasteiger partial charge in [-0.2, -0.15) is 5.26 Å². The first-order valence-corrected chi connectivity index (χ1v) is 11.1. The third-order valence-corrected chi connectivity index (χ3v) is 6.46. The Hall–Kier alpha value is -2.91. The van der Waals surface area contributed by atoms with Gasteiger partial charge in [0, 0.05) is 18.7 Å². The molecule has 0 spiro atoms. The van der Waals surface area contributed by atoms with Gasteiger partial charge in [-0.05, 0) is 68.8 Å². The maximum Gasteiger partial charge on any atom is 0.266 e. The third kappa shape index (κ3) is 5.62. The van der Waals surface area contributed by atoms with Gasteiger partial charge in [0.25, 0.3) is 5.56 Å². The number of hydrogen-bond donors (Lipinski definition) is 2. The van der Waals surface area contributed by atoms with Crippen LogP contribution in [0.3, 0.4) is 0 Å². The molecular formula is C25H32N4O2. The number of hydrogen-bond acceptors (Lipinski definition) is 4. The van der Waals surface area contributed by atoms with Gasteiger partial charge in [-0.15, -0.1) is 0 Å². The number of pyridine rings is 1. The molecule has 1 aromatic heterocycles. The molecule has 31 heavy (non-hydrogen) atoms. The number of likely N-dealkylation sites (tertiary alicyclic amines) is 1. The minimum absolute atomic E-state index is 0.0187. The minimum Gasteiger partial charge on any atom is -0.354 e. The van der Waals surface area contributed by atoms with Crippen molar-refractivity contribution in [3.05, 3.63) is 68.6 Å². The zero-order chi connectivity index (χ0) is 22.4. The first-order valence-electron chi connectivity index (χ1n) is 11.1. The summed E-state index contributed by atoms with van der Waals surface area (Å²) in [4.78, 5) is 29.8. The fourth-order valence-electron chi connectivity index (χ4n) is 4.43. The molecule has 1 fully saturated rings. The molecular weight excluding hydrogens is 388 g/mol. The number of carbonyl (C=O) groups is 1. The smallest absolute Gasteiger partial charge is 0.266 e. The Morgan fingerprint density at radius 3 is 2.58 bits per heavy atom. The maximum absolute atomic E-state index is 12.7. The van der Waals surface area contributed by atoms with E-state index in [4.69, 9.17) is 0 Å². The van der Waals surface area contributed by atoms with E-state index in [1.807, 2.05) is 31.2 Å². The first-order chi connectivity index (χ1) is 14.9. The van der Waals surface area contributed by atoms with E-state index >= 15 is 0 Å². The number of nitrogens with zero attached hydrogens (tertiary/aromatic N) is 2. The Bertz CT molecular complexity index is 999. The molecule has 0 radical (unpaired) electrons. The van der Waals surface area contributed by atoms with Gasteiger partial charge in [-0.1, -0.05) is 37.3 Å². The Labute approximate surface area is 184 Å². The van der Waals surface area contributed by atoms with Gasteiger partial charge in [0.2, 0.25) is 5.91 Å². The monoisotopic (exact) mass is 420 g/mol. The standard InChI is InChI=1S/C25H32N4O2/c1-17-11-13-29(14-12-17)23(20-7-5-4-6-8-20)16-27-24(30)10-9-21-18(2)22(15-26)25(31)28-19(21)3/h4-8,17,23H,9-14,16H2,1-3H3,(H,27,30)(H,28,31). The SMILES string of the molecule is Cc1[nH]c(=O)c(C#N)c(C)c1CCC(=O)NCC(c1ccccc1)N1CCC(C)CC1. The number of aryl methyl sites for hydroxylation is 1. The topological polar surface area (TPSA) is 89.0 Å². The minimum atomic E-state index is -0.368. The van der Waals surface area contributed by atoms with Crippen LogP contribution in [0.2, 0.25) is 0 Å². The second-order valence-corrected chi connectivity index (χ2v) is 8.62. The average molecular weight is 421 g/mol. The van der Waals surface area contributed by atoms with Crippen LogP contribution in [0.5, 0.6) is 0 Å². The van der Waals surface area contributed by atoms with Gasteiger partial charge in [-0.25, -0.2) is 0 Å². The summed E-state index contributed by atoms with van der Waals surface area (Å²) in [7, 11) is 0. The van der Waals surface area contributed by atoms with E-state index in [1.54, 1.807) is 6.92 Å². The van der Waals surface area contributed by atoms with E-state index in [2.05, 4.69) is 34.3 Å². The van der Waals surface area contributed by atoms with Crippen LogP contribution in [-0.4, -0.2) is 35.4 Å². The third-order valence-electron chi connectivity index (χ3n) is 6.46. The highest BCUT2D eigenvalue weighted by molar-refractivity contribution is 5.76. The molecule has 0 bridgehead atoms. The first kappa shape index (κ1) is 22.8. The normalized spacial score (nSPS) is 15.9. The van der Waals surface area contributed by atoms with Crippen LogP contribution in [0.25, 0.3) is 0 Å². The number of rotatable bonds is 7. The number of aromatic nitrogens is 1. The molecule has 2 N–H and O–H groups in total. The molecule has 1 aliphatic heterocycles. The van der Waals surface area contributed by atoms with E-state index < -0.39 is 0 Å². The summed E-state index contributed by atoms with van der Waals surface area (Å²) >= 11 is 0. The highest BCUT2D eigenvalue weighted by atomic mass is 16.1. The molecule has 1 aromatic carbocycles. The van der Waals surface area contributed by atoms with Crippen LogP contribution in [-0.2, 0) is 11.2 Å². The lowest BCUT2D eigenvalue weighted by Crippen LogP contribution is -2.42. The summed E-state index contributed by atoms with van der Waals surface area (Å²) in [6, 6.07) is 12.5.